The number of benzene rings is 3. The van der Waals surface area contributed by atoms with Crippen LogP contribution in [0.15, 0.2) is 85.0 Å². The number of aliphatic hydroxyl groups excluding tert-OH is 1. The second-order valence-electron chi connectivity index (χ2n) is 9.18. The predicted molar refractivity (Wildman–Crippen MR) is 154 cm³/mol. The smallest absolute Gasteiger partial charge is 0.301 e. The van der Waals surface area contributed by atoms with E-state index in [0.29, 0.717) is 41.0 Å². The Kier molecular flexibility index (Phi) is 7.47. The molecule has 1 fully saturated rings. The third-order valence-corrected chi connectivity index (χ3v) is 7.34. The quantitative estimate of drug-likeness (QED) is 0.112. The standard InChI is InChI=1S/C31H28N2O5S/c1-4-15-37-22-12-10-20(11-13-22)27-26(28(34)21-7-6-8-23(18-21)38-16-5-2)29(35)30(36)33(27)31-32-24-14-9-19(3)17-25(24)39-31/h4,6-14,17-18,27,34H,1,5,15-16H2,2-3H3/b28-26+. The summed E-state index contributed by atoms with van der Waals surface area (Å²) < 4.78 is 12.2. The van der Waals surface area contributed by atoms with Crippen molar-refractivity contribution < 1.29 is 24.2 Å². The summed E-state index contributed by atoms with van der Waals surface area (Å²) in [6.07, 6.45) is 2.48. The summed E-state index contributed by atoms with van der Waals surface area (Å²) in [4.78, 5) is 33.1. The first-order valence-electron chi connectivity index (χ1n) is 12.7. The molecule has 1 unspecified atom stereocenters. The van der Waals surface area contributed by atoms with Gasteiger partial charge in [0.1, 0.15) is 23.9 Å². The van der Waals surface area contributed by atoms with Crippen molar-refractivity contribution in [3.63, 3.8) is 0 Å². The van der Waals surface area contributed by atoms with Crippen molar-refractivity contribution in [3.8, 4) is 11.5 Å². The number of carbonyl (C=O) groups is 2. The van der Waals surface area contributed by atoms with Crippen molar-refractivity contribution in [1.82, 2.24) is 4.98 Å². The Balaban J connectivity index is 1.65. The third-order valence-electron chi connectivity index (χ3n) is 6.33. The van der Waals surface area contributed by atoms with Crippen LogP contribution in [0.1, 0.15) is 36.1 Å². The van der Waals surface area contributed by atoms with Gasteiger partial charge in [-0.25, -0.2) is 4.98 Å². The van der Waals surface area contributed by atoms with E-state index in [1.165, 1.54) is 16.2 Å². The normalized spacial score (nSPS) is 16.6. The fourth-order valence-corrected chi connectivity index (χ4v) is 5.57. The van der Waals surface area contributed by atoms with Gasteiger partial charge >= 0.3 is 5.91 Å². The first-order chi connectivity index (χ1) is 18.9. The van der Waals surface area contributed by atoms with Crippen LogP contribution in [0.3, 0.4) is 0 Å². The Labute approximate surface area is 230 Å². The van der Waals surface area contributed by atoms with Crippen LogP contribution in [0.2, 0.25) is 0 Å². The lowest BCUT2D eigenvalue weighted by Gasteiger charge is -2.23. The highest BCUT2D eigenvalue weighted by atomic mass is 32.1. The van der Waals surface area contributed by atoms with Gasteiger partial charge in [0, 0.05) is 5.56 Å². The zero-order chi connectivity index (χ0) is 27.5. The fourth-order valence-electron chi connectivity index (χ4n) is 4.48. The van der Waals surface area contributed by atoms with Gasteiger partial charge in [-0.15, -0.1) is 0 Å². The highest BCUT2D eigenvalue weighted by molar-refractivity contribution is 7.22. The van der Waals surface area contributed by atoms with Crippen LogP contribution in [0, 0.1) is 6.92 Å². The summed E-state index contributed by atoms with van der Waals surface area (Å²) in [5.74, 6) is -0.613. The third kappa shape index (κ3) is 5.15. The van der Waals surface area contributed by atoms with E-state index in [1.54, 1.807) is 54.6 Å². The highest BCUT2D eigenvalue weighted by Crippen LogP contribution is 2.44. The molecule has 0 bridgehead atoms. The number of Topliss-reactive ketones (excluding diaryl/α,β-unsaturated/α-hetero) is 1. The summed E-state index contributed by atoms with van der Waals surface area (Å²) in [6, 6.07) is 18.9. The number of amides is 1. The molecule has 2 heterocycles. The molecular formula is C31H28N2O5S. The molecule has 0 saturated carbocycles. The average Bonchev–Trinajstić information content (AvgIpc) is 3.48. The van der Waals surface area contributed by atoms with Crippen LogP contribution < -0.4 is 14.4 Å². The zero-order valence-corrected chi connectivity index (χ0v) is 22.5. The summed E-state index contributed by atoms with van der Waals surface area (Å²) in [7, 11) is 0. The molecule has 1 aliphatic heterocycles. The number of nitrogens with zero attached hydrogens (tertiary/aromatic N) is 2. The minimum Gasteiger partial charge on any atom is -0.507 e. The lowest BCUT2D eigenvalue weighted by Crippen LogP contribution is -2.29. The van der Waals surface area contributed by atoms with Gasteiger partial charge in [0.25, 0.3) is 5.78 Å². The van der Waals surface area contributed by atoms with Crippen molar-refractivity contribution in [1.29, 1.82) is 0 Å². The summed E-state index contributed by atoms with van der Waals surface area (Å²) in [5, 5.41) is 11.9. The molecule has 8 heteroatoms. The summed E-state index contributed by atoms with van der Waals surface area (Å²) in [5.41, 5.74) is 2.81. The molecule has 3 aromatic carbocycles. The largest absolute Gasteiger partial charge is 0.507 e. The van der Waals surface area contributed by atoms with E-state index in [4.69, 9.17) is 9.47 Å². The fraction of sp³-hybridized carbons (Fsp3) is 0.194. The maximum absolute atomic E-state index is 13.5. The number of ketones is 1. The molecule has 1 atom stereocenters. The second-order valence-corrected chi connectivity index (χ2v) is 10.2. The monoisotopic (exact) mass is 540 g/mol. The molecule has 1 aliphatic rings. The van der Waals surface area contributed by atoms with Crippen molar-refractivity contribution in [3.05, 3.63) is 102 Å². The number of hydrogen-bond acceptors (Lipinski definition) is 7. The Morgan fingerprint density at radius 2 is 1.87 bits per heavy atom. The maximum atomic E-state index is 13.5. The maximum Gasteiger partial charge on any atom is 0.301 e. The van der Waals surface area contributed by atoms with E-state index in [0.717, 1.165) is 22.2 Å². The molecule has 39 heavy (non-hydrogen) atoms. The molecule has 7 nitrogen and oxygen atoms in total. The summed E-state index contributed by atoms with van der Waals surface area (Å²) in [6.45, 7) is 8.52. The molecule has 1 aromatic heterocycles. The van der Waals surface area contributed by atoms with Crippen LogP contribution in [0.25, 0.3) is 16.0 Å². The van der Waals surface area contributed by atoms with E-state index in [9.17, 15) is 14.7 Å². The van der Waals surface area contributed by atoms with Crippen molar-refractivity contribution in [2.45, 2.75) is 26.3 Å². The van der Waals surface area contributed by atoms with Gasteiger partial charge in [-0.1, -0.05) is 61.2 Å². The van der Waals surface area contributed by atoms with Gasteiger partial charge in [-0.3, -0.25) is 14.5 Å². The predicted octanol–water partition coefficient (Wildman–Crippen LogP) is 6.58. The van der Waals surface area contributed by atoms with Crippen LogP contribution in [0.5, 0.6) is 11.5 Å². The lowest BCUT2D eigenvalue weighted by molar-refractivity contribution is -0.132. The SMILES string of the molecule is C=CCOc1ccc(C2/C(=C(\O)c3cccc(OCCC)c3)C(=O)C(=O)N2c2nc3ccc(C)cc3s2)cc1. The van der Waals surface area contributed by atoms with Crippen LogP contribution in [0.4, 0.5) is 5.13 Å². The minimum atomic E-state index is -0.889. The minimum absolute atomic E-state index is 0.0113. The number of aryl methyl sites for hydroxylation is 1. The zero-order valence-electron chi connectivity index (χ0n) is 21.7. The highest BCUT2D eigenvalue weighted by Gasteiger charge is 2.48. The van der Waals surface area contributed by atoms with Gasteiger partial charge in [-0.05, 0) is 60.9 Å². The van der Waals surface area contributed by atoms with E-state index < -0.39 is 17.7 Å². The van der Waals surface area contributed by atoms with Crippen molar-refractivity contribution in [2.24, 2.45) is 0 Å². The number of aliphatic hydroxyl groups is 1. The number of thiazole rings is 1. The molecule has 0 aliphatic carbocycles. The second kappa shape index (κ2) is 11.1. The number of hydrogen-bond donors (Lipinski definition) is 1. The Morgan fingerprint density at radius 3 is 2.62 bits per heavy atom. The number of carbonyl (C=O) groups excluding carboxylic acids is 2. The molecular weight excluding hydrogens is 512 g/mol. The van der Waals surface area contributed by atoms with Gasteiger partial charge in [0.15, 0.2) is 5.13 Å². The number of anilines is 1. The molecule has 4 aromatic rings. The molecule has 5 rings (SSSR count). The Bertz CT molecular complexity index is 1590. The molecule has 1 N–H and O–H groups in total. The van der Waals surface area contributed by atoms with Gasteiger partial charge in [-0.2, -0.15) is 0 Å². The number of fused-ring (bicyclic) bond motifs is 1. The van der Waals surface area contributed by atoms with Crippen molar-refractivity contribution >= 4 is 44.1 Å². The average molecular weight is 541 g/mol. The molecule has 1 saturated heterocycles. The van der Waals surface area contributed by atoms with Gasteiger partial charge in [0.2, 0.25) is 0 Å². The van der Waals surface area contributed by atoms with Crippen molar-refractivity contribution in [2.75, 3.05) is 18.1 Å². The first kappa shape index (κ1) is 26.2. The van der Waals surface area contributed by atoms with Gasteiger partial charge in [0.05, 0.1) is 28.4 Å². The summed E-state index contributed by atoms with van der Waals surface area (Å²) >= 11 is 1.33. The van der Waals surface area contributed by atoms with E-state index >= 15 is 0 Å². The topological polar surface area (TPSA) is 89.0 Å². The number of rotatable bonds is 9. The Morgan fingerprint density at radius 1 is 1.08 bits per heavy atom. The lowest BCUT2D eigenvalue weighted by atomic mass is 9.95. The molecule has 198 valence electrons. The van der Waals surface area contributed by atoms with E-state index in [1.807, 2.05) is 32.0 Å². The van der Waals surface area contributed by atoms with E-state index in [2.05, 4.69) is 11.6 Å². The molecule has 1 amide bonds. The molecule has 0 radical (unpaired) electrons. The first-order valence-corrected chi connectivity index (χ1v) is 13.5. The van der Waals surface area contributed by atoms with Crippen LogP contribution >= 0.6 is 11.3 Å². The van der Waals surface area contributed by atoms with Crippen LogP contribution in [-0.2, 0) is 9.59 Å². The number of aromatic nitrogens is 1. The number of ether oxygens (including phenoxy) is 2. The van der Waals surface area contributed by atoms with E-state index in [-0.39, 0.29) is 11.3 Å². The van der Waals surface area contributed by atoms with Gasteiger partial charge < -0.3 is 14.6 Å². The van der Waals surface area contributed by atoms with Crippen LogP contribution in [-0.4, -0.2) is 35.0 Å². The Hall–Kier alpha value is -4.43. The molecule has 0 spiro atoms.